The Morgan fingerprint density at radius 1 is 1.42 bits per heavy atom. The summed E-state index contributed by atoms with van der Waals surface area (Å²) in [7, 11) is 0. The van der Waals surface area contributed by atoms with Gasteiger partial charge in [-0.25, -0.2) is 0 Å². The molecule has 1 rings (SSSR count). The van der Waals surface area contributed by atoms with Crippen LogP contribution in [0.5, 0.6) is 0 Å². The molecule has 0 radical (unpaired) electrons. The molecule has 0 amide bonds. The maximum Gasteiger partial charge on any atom is 0.302 e. The molecule has 106 valence electrons. The van der Waals surface area contributed by atoms with Crippen molar-refractivity contribution in [2.45, 2.75) is 40.5 Å². The van der Waals surface area contributed by atoms with Crippen molar-refractivity contribution in [1.82, 2.24) is 0 Å². The van der Waals surface area contributed by atoms with Crippen molar-refractivity contribution < 1.29 is 14.3 Å². The van der Waals surface area contributed by atoms with E-state index in [1.165, 1.54) is 6.92 Å². The van der Waals surface area contributed by atoms with Crippen molar-refractivity contribution in [2.24, 2.45) is 17.3 Å². The Balaban J connectivity index is 2.86. The summed E-state index contributed by atoms with van der Waals surface area (Å²) in [5, 5.41) is 0. The SMILES string of the molecule is C=C1CC[C@H](COC(C)=O)C(C)(C)[C@H]1/C=C/C(C)=O. The van der Waals surface area contributed by atoms with E-state index in [4.69, 9.17) is 4.74 Å². The van der Waals surface area contributed by atoms with E-state index in [9.17, 15) is 9.59 Å². The number of carbonyl (C=O) groups excluding carboxylic acids is 2. The third-order valence-corrected chi connectivity index (χ3v) is 4.12. The number of hydrogen-bond donors (Lipinski definition) is 0. The molecule has 0 aromatic heterocycles. The molecule has 0 unspecified atom stereocenters. The summed E-state index contributed by atoms with van der Waals surface area (Å²) in [6, 6.07) is 0. The van der Waals surface area contributed by atoms with Gasteiger partial charge in [-0.05, 0) is 37.2 Å². The second kappa shape index (κ2) is 6.18. The number of hydrogen-bond acceptors (Lipinski definition) is 3. The minimum absolute atomic E-state index is 0.0470. The predicted molar refractivity (Wildman–Crippen MR) is 75.6 cm³/mol. The molecule has 0 bridgehead atoms. The number of allylic oxidation sites excluding steroid dienone is 3. The number of carbonyl (C=O) groups is 2. The maximum absolute atomic E-state index is 11.1. The summed E-state index contributed by atoms with van der Waals surface area (Å²) in [6.07, 6.45) is 5.46. The van der Waals surface area contributed by atoms with E-state index < -0.39 is 0 Å². The fourth-order valence-corrected chi connectivity index (χ4v) is 2.80. The van der Waals surface area contributed by atoms with Gasteiger partial charge in [-0.15, -0.1) is 0 Å². The molecule has 3 nitrogen and oxygen atoms in total. The molecule has 1 aliphatic carbocycles. The monoisotopic (exact) mass is 264 g/mol. The molecule has 1 saturated carbocycles. The second-order valence-electron chi connectivity index (χ2n) is 5.97. The molecule has 0 saturated heterocycles. The van der Waals surface area contributed by atoms with Gasteiger partial charge < -0.3 is 4.74 Å². The van der Waals surface area contributed by atoms with E-state index in [0.717, 1.165) is 18.4 Å². The Morgan fingerprint density at radius 3 is 2.58 bits per heavy atom. The smallest absolute Gasteiger partial charge is 0.302 e. The van der Waals surface area contributed by atoms with Crippen LogP contribution in [0.2, 0.25) is 0 Å². The standard InChI is InChI=1S/C16H24O3/c1-11-6-8-14(10-19-13(3)18)16(4,5)15(11)9-7-12(2)17/h7,9,14-15H,1,6,8,10H2,2-5H3/b9-7+/t14-,15+/m1/s1. The van der Waals surface area contributed by atoms with E-state index >= 15 is 0 Å². The van der Waals surface area contributed by atoms with Gasteiger partial charge in [-0.1, -0.05) is 32.1 Å². The highest BCUT2D eigenvalue weighted by Crippen LogP contribution is 2.47. The Morgan fingerprint density at radius 2 is 2.05 bits per heavy atom. The first-order valence-electron chi connectivity index (χ1n) is 6.75. The van der Waals surface area contributed by atoms with Gasteiger partial charge in [-0.3, -0.25) is 9.59 Å². The van der Waals surface area contributed by atoms with Gasteiger partial charge in [-0.2, -0.15) is 0 Å². The molecule has 3 heteroatoms. The van der Waals surface area contributed by atoms with E-state index in [2.05, 4.69) is 20.4 Å². The average molecular weight is 264 g/mol. The van der Waals surface area contributed by atoms with Crippen LogP contribution in [0.4, 0.5) is 0 Å². The summed E-state index contributed by atoms with van der Waals surface area (Å²) >= 11 is 0. The largest absolute Gasteiger partial charge is 0.466 e. The van der Waals surface area contributed by atoms with Gasteiger partial charge in [0.05, 0.1) is 6.61 Å². The van der Waals surface area contributed by atoms with Crippen LogP contribution in [0.15, 0.2) is 24.3 Å². The summed E-state index contributed by atoms with van der Waals surface area (Å²) in [6.45, 7) is 11.9. The van der Waals surface area contributed by atoms with Crippen LogP contribution < -0.4 is 0 Å². The van der Waals surface area contributed by atoms with E-state index in [1.807, 2.05) is 6.08 Å². The minimum atomic E-state index is -0.240. The quantitative estimate of drug-likeness (QED) is 0.444. The van der Waals surface area contributed by atoms with Crippen LogP contribution in [0.1, 0.15) is 40.5 Å². The minimum Gasteiger partial charge on any atom is -0.466 e. The average Bonchev–Trinajstić information content (AvgIpc) is 2.26. The lowest BCUT2D eigenvalue weighted by Crippen LogP contribution is -2.39. The zero-order valence-corrected chi connectivity index (χ0v) is 12.4. The van der Waals surface area contributed by atoms with Crippen LogP contribution in [0.3, 0.4) is 0 Å². The zero-order valence-electron chi connectivity index (χ0n) is 12.4. The highest BCUT2D eigenvalue weighted by atomic mass is 16.5. The Labute approximate surface area is 115 Å². The van der Waals surface area contributed by atoms with Crippen LogP contribution >= 0.6 is 0 Å². The Bertz CT molecular complexity index is 404. The van der Waals surface area contributed by atoms with Crippen molar-refractivity contribution in [2.75, 3.05) is 6.61 Å². The molecule has 0 aromatic rings. The summed E-state index contributed by atoms with van der Waals surface area (Å²) in [4.78, 5) is 22.1. The molecule has 0 aromatic carbocycles. The third-order valence-electron chi connectivity index (χ3n) is 4.12. The Kier molecular flexibility index (Phi) is 5.10. The van der Waals surface area contributed by atoms with Gasteiger partial charge in [0.25, 0.3) is 0 Å². The first-order valence-corrected chi connectivity index (χ1v) is 6.75. The number of esters is 1. The topological polar surface area (TPSA) is 43.4 Å². The third kappa shape index (κ3) is 4.05. The molecule has 1 aliphatic rings. The van der Waals surface area contributed by atoms with Gasteiger partial charge in [0.1, 0.15) is 0 Å². The van der Waals surface area contributed by atoms with Crippen LogP contribution in [-0.4, -0.2) is 18.4 Å². The molecular formula is C16H24O3. The molecule has 19 heavy (non-hydrogen) atoms. The number of ketones is 1. The van der Waals surface area contributed by atoms with E-state index in [0.29, 0.717) is 12.5 Å². The molecule has 0 heterocycles. The molecule has 1 fully saturated rings. The lowest BCUT2D eigenvalue weighted by atomic mass is 9.60. The molecule has 0 spiro atoms. The van der Waals surface area contributed by atoms with Gasteiger partial charge in [0, 0.05) is 12.8 Å². The first kappa shape index (κ1) is 15.7. The van der Waals surface area contributed by atoms with Crippen LogP contribution in [-0.2, 0) is 14.3 Å². The van der Waals surface area contributed by atoms with Crippen molar-refractivity contribution in [3.8, 4) is 0 Å². The molecule has 0 N–H and O–H groups in total. The summed E-state index contributed by atoms with van der Waals surface area (Å²) in [5.41, 5.74) is 1.10. The highest BCUT2D eigenvalue weighted by Gasteiger charge is 2.41. The Hall–Kier alpha value is -1.38. The van der Waals surface area contributed by atoms with Gasteiger partial charge >= 0.3 is 5.97 Å². The van der Waals surface area contributed by atoms with Crippen LogP contribution in [0.25, 0.3) is 0 Å². The van der Waals surface area contributed by atoms with Crippen molar-refractivity contribution in [1.29, 1.82) is 0 Å². The molecule has 0 aliphatic heterocycles. The summed E-state index contributed by atoms with van der Waals surface area (Å²) < 4.78 is 5.17. The lowest BCUT2D eigenvalue weighted by molar-refractivity contribution is -0.144. The number of rotatable bonds is 4. The lowest BCUT2D eigenvalue weighted by Gasteiger charge is -2.45. The van der Waals surface area contributed by atoms with Crippen molar-refractivity contribution >= 4 is 11.8 Å². The first-order chi connectivity index (χ1) is 8.75. The van der Waals surface area contributed by atoms with Crippen molar-refractivity contribution in [3.05, 3.63) is 24.3 Å². The molecule has 2 atom stereocenters. The summed E-state index contributed by atoms with van der Waals surface area (Å²) in [5.74, 6) is 0.260. The zero-order chi connectivity index (χ0) is 14.6. The van der Waals surface area contributed by atoms with Crippen molar-refractivity contribution in [3.63, 3.8) is 0 Å². The number of ether oxygens (including phenoxy) is 1. The van der Waals surface area contributed by atoms with E-state index in [1.54, 1.807) is 13.0 Å². The normalized spacial score (nSPS) is 26.4. The fourth-order valence-electron chi connectivity index (χ4n) is 2.80. The molecular weight excluding hydrogens is 240 g/mol. The van der Waals surface area contributed by atoms with Gasteiger partial charge in [0.2, 0.25) is 0 Å². The second-order valence-corrected chi connectivity index (χ2v) is 5.97. The van der Waals surface area contributed by atoms with Crippen LogP contribution in [0, 0.1) is 17.3 Å². The van der Waals surface area contributed by atoms with E-state index in [-0.39, 0.29) is 23.1 Å². The van der Waals surface area contributed by atoms with Gasteiger partial charge in [0.15, 0.2) is 5.78 Å². The predicted octanol–water partition coefficient (Wildman–Crippen LogP) is 3.30. The highest BCUT2D eigenvalue weighted by molar-refractivity contribution is 5.87. The maximum atomic E-state index is 11.1. The fraction of sp³-hybridized carbons (Fsp3) is 0.625.